The van der Waals surface area contributed by atoms with Crippen LogP contribution in [0.25, 0.3) is 0 Å². The highest BCUT2D eigenvalue weighted by molar-refractivity contribution is 5.89. The number of rotatable bonds is 7. The molecule has 0 saturated heterocycles. The molecule has 1 aromatic rings. The zero-order chi connectivity index (χ0) is 15.1. The van der Waals surface area contributed by atoms with Crippen LogP contribution in [-0.2, 0) is 14.3 Å². The monoisotopic (exact) mass is 284 g/mol. The zero-order valence-corrected chi connectivity index (χ0v) is 10.8. The summed E-state index contributed by atoms with van der Waals surface area (Å²) in [6.07, 6.45) is 0.711. The Morgan fingerprint density at radius 1 is 1.55 bits per heavy atom. The van der Waals surface area contributed by atoms with E-state index >= 15 is 0 Å². The lowest BCUT2D eigenvalue weighted by molar-refractivity contribution is -0.386. The summed E-state index contributed by atoms with van der Waals surface area (Å²) in [6, 6.07) is 0.983. The van der Waals surface area contributed by atoms with Gasteiger partial charge < -0.3 is 19.0 Å². The van der Waals surface area contributed by atoms with E-state index in [9.17, 15) is 19.7 Å². The molecule has 0 aliphatic carbocycles. The van der Waals surface area contributed by atoms with Crippen LogP contribution in [0, 0.1) is 10.1 Å². The van der Waals surface area contributed by atoms with Crippen molar-refractivity contribution in [3.05, 3.63) is 27.9 Å². The summed E-state index contributed by atoms with van der Waals surface area (Å²) in [4.78, 5) is 35.6. The number of pyridine rings is 1. The smallest absolute Gasteiger partial charge is 0.339 e. The molecule has 0 aromatic carbocycles. The number of carbonyl (C=O) groups excluding carboxylic acids is 2. The number of methoxy groups -OCH3 is 2. The first kappa shape index (κ1) is 15.5. The number of carbonyl (C=O) groups is 2. The summed E-state index contributed by atoms with van der Waals surface area (Å²) in [6.45, 7) is -0.231. The van der Waals surface area contributed by atoms with Crippen LogP contribution in [-0.4, -0.2) is 49.1 Å². The average Bonchev–Trinajstić information content (AvgIpc) is 2.47. The SMILES string of the molecule is COC(=O)c1cnc(OCC(C=O)OC)c([N+](=O)[O-])c1. The highest BCUT2D eigenvalue weighted by Gasteiger charge is 2.21. The number of hydrogen-bond donors (Lipinski definition) is 0. The van der Waals surface area contributed by atoms with Crippen molar-refractivity contribution in [1.82, 2.24) is 4.98 Å². The third kappa shape index (κ3) is 3.72. The Morgan fingerprint density at radius 2 is 2.25 bits per heavy atom. The van der Waals surface area contributed by atoms with Crippen LogP contribution in [0.1, 0.15) is 10.4 Å². The lowest BCUT2D eigenvalue weighted by Crippen LogP contribution is -2.22. The van der Waals surface area contributed by atoms with Gasteiger partial charge in [-0.05, 0) is 0 Å². The van der Waals surface area contributed by atoms with Crippen molar-refractivity contribution in [3.8, 4) is 5.88 Å². The predicted octanol–water partition coefficient (Wildman–Crippen LogP) is 0.369. The summed E-state index contributed by atoms with van der Waals surface area (Å²) < 4.78 is 14.2. The summed E-state index contributed by atoms with van der Waals surface area (Å²) in [5.41, 5.74) is -0.584. The molecule has 0 amide bonds. The molecule has 0 aliphatic rings. The maximum Gasteiger partial charge on any atom is 0.339 e. The molecule has 0 saturated carbocycles. The molecule has 1 heterocycles. The summed E-state index contributed by atoms with van der Waals surface area (Å²) in [5, 5.41) is 10.9. The topological polar surface area (TPSA) is 118 Å². The summed E-state index contributed by atoms with van der Waals surface area (Å²) >= 11 is 0. The molecule has 0 N–H and O–H groups in total. The third-order valence-electron chi connectivity index (χ3n) is 2.29. The molecule has 20 heavy (non-hydrogen) atoms. The normalized spacial score (nSPS) is 11.5. The quantitative estimate of drug-likeness (QED) is 0.305. The number of nitro groups is 1. The minimum Gasteiger partial charge on any atom is -0.470 e. The molecule has 1 aromatic heterocycles. The molecule has 9 nitrogen and oxygen atoms in total. The molecule has 0 bridgehead atoms. The van der Waals surface area contributed by atoms with E-state index in [2.05, 4.69) is 9.72 Å². The molecule has 0 spiro atoms. The minimum absolute atomic E-state index is 0.0785. The minimum atomic E-state index is -0.864. The zero-order valence-electron chi connectivity index (χ0n) is 10.8. The van der Waals surface area contributed by atoms with E-state index in [0.717, 1.165) is 19.4 Å². The third-order valence-corrected chi connectivity index (χ3v) is 2.29. The molecule has 1 atom stereocenters. The van der Waals surface area contributed by atoms with Gasteiger partial charge in [0.2, 0.25) is 0 Å². The Bertz CT molecular complexity index is 517. The van der Waals surface area contributed by atoms with Crippen LogP contribution >= 0.6 is 0 Å². The molecule has 9 heteroatoms. The van der Waals surface area contributed by atoms with Crippen molar-refractivity contribution >= 4 is 17.9 Å². The highest BCUT2D eigenvalue weighted by Crippen LogP contribution is 2.25. The molecule has 108 valence electrons. The maximum atomic E-state index is 11.3. The van der Waals surface area contributed by atoms with E-state index in [1.165, 1.54) is 7.11 Å². The number of aromatic nitrogens is 1. The second-order valence-corrected chi connectivity index (χ2v) is 3.52. The standard InChI is InChI=1S/C11H12N2O7/c1-18-8(5-14)6-20-10-9(13(16)17)3-7(4-12-10)11(15)19-2/h3-5,8H,6H2,1-2H3. The van der Waals surface area contributed by atoms with Crippen molar-refractivity contribution in [2.24, 2.45) is 0 Å². The van der Waals surface area contributed by atoms with Gasteiger partial charge in [-0.25, -0.2) is 9.78 Å². The lowest BCUT2D eigenvalue weighted by Gasteiger charge is -2.10. The van der Waals surface area contributed by atoms with E-state index < -0.39 is 22.7 Å². The predicted molar refractivity (Wildman–Crippen MR) is 64.6 cm³/mol. The van der Waals surface area contributed by atoms with Gasteiger partial charge in [-0.3, -0.25) is 10.1 Å². The highest BCUT2D eigenvalue weighted by atomic mass is 16.6. The van der Waals surface area contributed by atoms with Crippen LogP contribution < -0.4 is 4.74 Å². The fourth-order valence-electron chi connectivity index (χ4n) is 1.24. The number of nitrogens with zero attached hydrogens (tertiary/aromatic N) is 2. The molecule has 0 fully saturated rings. The first-order valence-corrected chi connectivity index (χ1v) is 5.37. The second-order valence-electron chi connectivity index (χ2n) is 3.52. The first-order chi connectivity index (χ1) is 9.53. The molecule has 0 radical (unpaired) electrons. The van der Waals surface area contributed by atoms with Gasteiger partial charge in [0.1, 0.15) is 12.7 Å². The van der Waals surface area contributed by atoms with Gasteiger partial charge in [-0.15, -0.1) is 0 Å². The van der Waals surface area contributed by atoms with Crippen molar-refractivity contribution in [3.63, 3.8) is 0 Å². The Kier molecular flexibility index (Phi) is 5.54. The lowest BCUT2D eigenvalue weighted by atomic mass is 10.2. The molecular weight excluding hydrogens is 272 g/mol. The Hall–Kier alpha value is -2.55. The van der Waals surface area contributed by atoms with Crippen LogP contribution in [0.3, 0.4) is 0 Å². The Balaban J connectivity index is 2.98. The van der Waals surface area contributed by atoms with Crippen LogP contribution in [0.4, 0.5) is 5.69 Å². The van der Waals surface area contributed by atoms with Gasteiger partial charge in [-0.1, -0.05) is 0 Å². The summed E-state index contributed by atoms with van der Waals surface area (Å²) in [5.74, 6) is -1.07. The second kappa shape index (κ2) is 7.14. The maximum absolute atomic E-state index is 11.3. The largest absolute Gasteiger partial charge is 0.470 e. The fourth-order valence-corrected chi connectivity index (χ4v) is 1.24. The van der Waals surface area contributed by atoms with E-state index in [1.807, 2.05) is 0 Å². The van der Waals surface area contributed by atoms with E-state index in [4.69, 9.17) is 9.47 Å². The van der Waals surface area contributed by atoms with Crippen molar-refractivity contribution in [2.45, 2.75) is 6.10 Å². The van der Waals surface area contributed by atoms with Crippen molar-refractivity contribution < 1.29 is 28.7 Å². The van der Waals surface area contributed by atoms with E-state index in [-0.39, 0.29) is 18.1 Å². The number of esters is 1. The molecule has 1 rings (SSSR count). The molecular formula is C11H12N2O7. The van der Waals surface area contributed by atoms with E-state index in [1.54, 1.807) is 0 Å². The molecule has 1 unspecified atom stereocenters. The van der Waals surface area contributed by atoms with Gasteiger partial charge in [-0.2, -0.15) is 0 Å². The van der Waals surface area contributed by atoms with Gasteiger partial charge in [0, 0.05) is 19.4 Å². The first-order valence-electron chi connectivity index (χ1n) is 5.37. The Labute approximate surface area is 113 Å². The van der Waals surface area contributed by atoms with Gasteiger partial charge in [0.05, 0.1) is 17.6 Å². The van der Waals surface area contributed by atoms with Crippen LogP contribution in [0.15, 0.2) is 12.3 Å². The fraction of sp³-hybridized carbons (Fsp3) is 0.364. The molecule has 0 aliphatic heterocycles. The number of ether oxygens (including phenoxy) is 3. The Morgan fingerprint density at radius 3 is 2.75 bits per heavy atom. The van der Waals surface area contributed by atoms with Crippen molar-refractivity contribution in [2.75, 3.05) is 20.8 Å². The number of aldehydes is 1. The van der Waals surface area contributed by atoms with Crippen LogP contribution in [0.2, 0.25) is 0 Å². The van der Waals surface area contributed by atoms with Crippen LogP contribution in [0.5, 0.6) is 5.88 Å². The van der Waals surface area contributed by atoms with E-state index in [0.29, 0.717) is 6.29 Å². The summed E-state index contributed by atoms with van der Waals surface area (Å²) in [7, 11) is 2.44. The van der Waals surface area contributed by atoms with Gasteiger partial charge in [0.15, 0.2) is 6.29 Å². The van der Waals surface area contributed by atoms with Gasteiger partial charge in [0.25, 0.3) is 5.88 Å². The average molecular weight is 284 g/mol. The van der Waals surface area contributed by atoms with Crippen molar-refractivity contribution in [1.29, 1.82) is 0 Å². The van der Waals surface area contributed by atoms with Gasteiger partial charge >= 0.3 is 11.7 Å². The number of hydrogen-bond acceptors (Lipinski definition) is 8.